The minimum Gasteiger partial charge on any atom is -0.462 e. The molecular weight excluding hydrogens is 424 g/mol. The molecule has 34 heavy (non-hydrogen) atoms. The molecule has 0 bridgehead atoms. The predicted octanol–water partition coefficient (Wildman–Crippen LogP) is 8.49. The third-order valence-electron chi connectivity index (χ3n) is 7.13. The van der Waals surface area contributed by atoms with Crippen LogP contribution in [0.25, 0.3) is 0 Å². The highest BCUT2D eigenvalue weighted by atomic mass is 16.5. The molecule has 0 aromatic carbocycles. The van der Waals surface area contributed by atoms with Gasteiger partial charge in [0.15, 0.2) is 0 Å². The van der Waals surface area contributed by atoms with E-state index in [0.29, 0.717) is 29.1 Å². The number of unbranched alkanes of at least 4 members (excludes halogenated alkanes) is 9. The fourth-order valence-electron chi connectivity index (χ4n) is 4.55. The summed E-state index contributed by atoms with van der Waals surface area (Å²) in [6.45, 7) is 13.0. The minimum absolute atomic E-state index is 0.00514. The summed E-state index contributed by atoms with van der Waals surface area (Å²) in [6.07, 6.45) is 20.0. The molecular formula is C30H52O4. The summed E-state index contributed by atoms with van der Waals surface area (Å²) in [5.41, 5.74) is 1.33. The topological polar surface area (TPSA) is 52.6 Å². The zero-order valence-corrected chi connectivity index (χ0v) is 23.0. The van der Waals surface area contributed by atoms with Crippen LogP contribution >= 0.6 is 0 Å². The second-order valence-corrected chi connectivity index (χ2v) is 11.3. The van der Waals surface area contributed by atoms with Crippen molar-refractivity contribution in [2.24, 2.45) is 11.3 Å². The zero-order chi connectivity index (χ0) is 25.4. The number of allylic oxidation sites excluding steroid dienone is 2. The van der Waals surface area contributed by atoms with Crippen molar-refractivity contribution in [2.45, 2.75) is 138 Å². The molecule has 1 fully saturated rings. The number of hydrogen-bond acceptors (Lipinski definition) is 4. The Morgan fingerprint density at radius 3 is 1.71 bits per heavy atom. The van der Waals surface area contributed by atoms with E-state index in [0.717, 1.165) is 38.5 Å². The lowest BCUT2D eigenvalue weighted by Gasteiger charge is -2.36. The number of hydrogen-bond donors (Lipinski definition) is 0. The smallest absolute Gasteiger partial charge is 0.333 e. The van der Waals surface area contributed by atoms with E-state index in [2.05, 4.69) is 27.7 Å². The van der Waals surface area contributed by atoms with Crippen LogP contribution in [0.2, 0.25) is 0 Å². The predicted molar refractivity (Wildman–Crippen MR) is 142 cm³/mol. The van der Waals surface area contributed by atoms with Gasteiger partial charge in [0.2, 0.25) is 0 Å². The quantitative estimate of drug-likeness (QED) is 0.103. The van der Waals surface area contributed by atoms with Gasteiger partial charge in [0, 0.05) is 11.1 Å². The summed E-state index contributed by atoms with van der Waals surface area (Å²) in [5, 5.41) is 0. The lowest BCUT2D eigenvalue weighted by molar-refractivity contribution is -0.146. The van der Waals surface area contributed by atoms with Crippen molar-refractivity contribution >= 4 is 11.9 Å². The van der Waals surface area contributed by atoms with Crippen molar-refractivity contribution in [3.8, 4) is 0 Å². The number of rotatable bonds is 15. The van der Waals surface area contributed by atoms with E-state index in [1.807, 2.05) is 0 Å². The largest absolute Gasteiger partial charge is 0.462 e. The van der Waals surface area contributed by atoms with Gasteiger partial charge in [0.1, 0.15) is 6.10 Å². The molecule has 196 valence electrons. The molecule has 1 saturated carbocycles. The van der Waals surface area contributed by atoms with E-state index < -0.39 is 0 Å². The molecule has 1 aliphatic carbocycles. The van der Waals surface area contributed by atoms with Gasteiger partial charge in [-0.25, -0.2) is 9.59 Å². The first-order chi connectivity index (χ1) is 16.1. The van der Waals surface area contributed by atoms with Gasteiger partial charge >= 0.3 is 11.9 Å². The highest BCUT2D eigenvalue weighted by molar-refractivity contribution is 5.90. The number of carbonyl (C=O) groups is 2. The van der Waals surface area contributed by atoms with Crippen LogP contribution in [0.1, 0.15) is 131 Å². The Bertz CT molecular complexity index is 645. The molecule has 0 N–H and O–H groups in total. The molecule has 0 unspecified atom stereocenters. The Kier molecular flexibility index (Phi) is 15.2. The maximum Gasteiger partial charge on any atom is 0.333 e. The van der Waals surface area contributed by atoms with Crippen LogP contribution in [-0.2, 0) is 19.1 Å². The van der Waals surface area contributed by atoms with Crippen molar-refractivity contribution in [1.29, 1.82) is 0 Å². The molecule has 0 radical (unpaired) electrons. The van der Waals surface area contributed by atoms with Crippen LogP contribution in [0.3, 0.4) is 0 Å². The molecule has 0 aliphatic heterocycles. The average Bonchev–Trinajstić information content (AvgIpc) is 2.80. The van der Waals surface area contributed by atoms with Crippen molar-refractivity contribution in [2.75, 3.05) is 6.61 Å². The molecule has 4 nitrogen and oxygen atoms in total. The third-order valence-corrected chi connectivity index (χ3v) is 7.13. The van der Waals surface area contributed by atoms with Crippen LogP contribution in [0.15, 0.2) is 23.3 Å². The Morgan fingerprint density at radius 1 is 0.735 bits per heavy atom. The van der Waals surface area contributed by atoms with Crippen molar-refractivity contribution in [1.82, 2.24) is 0 Å². The van der Waals surface area contributed by atoms with Gasteiger partial charge in [-0.1, -0.05) is 97.6 Å². The van der Waals surface area contributed by atoms with Gasteiger partial charge in [-0.05, 0) is 57.3 Å². The van der Waals surface area contributed by atoms with Gasteiger partial charge in [-0.2, -0.15) is 0 Å². The Morgan fingerprint density at radius 2 is 1.21 bits per heavy atom. The molecule has 0 atom stereocenters. The Hall–Kier alpha value is -1.58. The molecule has 0 amide bonds. The van der Waals surface area contributed by atoms with Gasteiger partial charge in [-0.3, -0.25) is 0 Å². The van der Waals surface area contributed by atoms with Crippen LogP contribution in [0, 0.1) is 11.3 Å². The van der Waals surface area contributed by atoms with E-state index in [4.69, 9.17) is 9.47 Å². The monoisotopic (exact) mass is 476 g/mol. The summed E-state index contributed by atoms with van der Waals surface area (Å²) in [5.74, 6) is 0.0897. The highest BCUT2D eigenvalue weighted by Gasteiger charge is 2.31. The molecule has 0 aromatic heterocycles. The highest BCUT2D eigenvalue weighted by Crippen LogP contribution is 2.38. The minimum atomic E-state index is -0.311. The van der Waals surface area contributed by atoms with Crippen molar-refractivity contribution in [3.05, 3.63) is 23.3 Å². The van der Waals surface area contributed by atoms with E-state index in [-0.39, 0.29) is 18.0 Å². The van der Waals surface area contributed by atoms with Crippen LogP contribution < -0.4 is 0 Å². The Balaban J connectivity index is 2.21. The lowest BCUT2D eigenvalue weighted by Crippen LogP contribution is -2.30. The Labute approximate surface area is 209 Å². The number of carbonyl (C=O) groups excluding carboxylic acids is 2. The molecule has 1 rings (SSSR count). The SMILES string of the molecule is CCCCCCCCCCCCOC(=O)/C(C)=C/C=C(\C)C(=O)OC1CCC(C(C)(C)C)CC1. The van der Waals surface area contributed by atoms with Crippen molar-refractivity contribution < 1.29 is 19.1 Å². The lowest BCUT2D eigenvalue weighted by atomic mass is 9.72. The van der Waals surface area contributed by atoms with E-state index in [1.54, 1.807) is 26.0 Å². The number of ether oxygens (including phenoxy) is 2. The third kappa shape index (κ3) is 13.3. The molecule has 0 saturated heterocycles. The summed E-state index contributed by atoms with van der Waals surface area (Å²) < 4.78 is 11.1. The molecule has 0 heterocycles. The molecule has 1 aliphatic rings. The average molecular weight is 477 g/mol. The normalized spacial score (nSPS) is 19.7. The van der Waals surface area contributed by atoms with Crippen LogP contribution in [0.4, 0.5) is 0 Å². The van der Waals surface area contributed by atoms with Crippen LogP contribution in [0.5, 0.6) is 0 Å². The first-order valence-corrected chi connectivity index (χ1v) is 13.9. The van der Waals surface area contributed by atoms with Gasteiger partial charge in [-0.15, -0.1) is 0 Å². The van der Waals surface area contributed by atoms with Gasteiger partial charge in [0.25, 0.3) is 0 Å². The second kappa shape index (κ2) is 16.9. The standard InChI is InChI=1S/C30H52O4/c1-7-8-9-10-11-12-13-14-15-16-23-33-28(31)24(2)17-18-25(3)29(32)34-27-21-19-26(20-22-27)30(4,5)6/h17-18,26-27H,7-16,19-23H2,1-6H3/b24-17+,25-18+. The van der Waals surface area contributed by atoms with E-state index >= 15 is 0 Å². The molecule has 0 aromatic rings. The maximum absolute atomic E-state index is 12.4. The fourth-order valence-corrected chi connectivity index (χ4v) is 4.55. The summed E-state index contributed by atoms with van der Waals surface area (Å²) in [7, 11) is 0. The summed E-state index contributed by atoms with van der Waals surface area (Å²) >= 11 is 0. The van der Waals surface area contributed by atoms with Gasteiger partial charge in [0.05, 0.1) is 6.61 Å². The summed E-state index contributed by atoms with van der Waals surface area (Å²) in [4.78, 5) is 24.6. The second-order valence-electron chi connectivity index (χ2n) is 11.3. The number of esters is 2. The zero-order valence-electron chi connectivity index (χ0n) is 23.0. The molecule has 0 spiro atoms. The maximum atomic E-state index is 12.4. The fraction of sp³-hybridized carbons (Fsp3) is 0.800. The summed E-state index contributed by atoms with van der Waals surface area (Å²) in [6, 6.07) is 0. The first-order valence-electron chi connectivity index (χ1n) is 13.9. The van der Waals surface area contributed by atoms with E-state index in [9.17, 15) is 9.59 Å². The van der Waals surface area contributed by atoms with Gasteiger partial charge < -0.3 is 9.47 Å². The van der Waals surface area contributed by atoms with E-state index in [1.165, 1.54) is 51.4 Å². The van der Waals surface area contributed by atoms with Crippen LogP contribution in [-0.4, -0.2) is 24.6 Å². The van der Waals surface area contributed by atoms with Crippen molar-refractivity contribution in [3.63, 3.8) is 0 Å². The molecule has 4 heteroatoms. The first kappa shape index (κ1) is 30.5.